The first-order valence-electron chi connectivity index (χ1n) is 5.11. The number of hydrogen-bond donors (Lipinski definition) is 1. The van der Waals surface area contributed by atoms with Gasteiger partial charge in [0.15, 0.2) is 5.58 Å². The summed E-state index contributed by atoms with van der Waals surface area (Å²) < 4.78 is 5.54. The van der Waals surface area contributed by atoms with Crippen LogP contribution >= 0.6 is 23.2 Å². The van der Waals surface area contributed by atoms with E-state index in [0.29, 0.717) is 15.8 Å². The van der Waals surface area contributed by atoms with Crippen LogP contribution < -0.4 is 5.43 Å². The summed E-state index contributed by atoms with van der Waals surface area (Å²) in [7, 11) is 0. The van der Waals surface area contributed by atoms with Crippen molar-refractivity contribution in [2.24, 2.45) is 0 Å². The second-order valence-corrected chi connectivity index (χ2v) is 4.72. The summed E-state index contributed by atoms with van der Waals surface area (Å²) in [6.45, 7) is 0. The first-order valence-corrected chi connectivity index (χ1v) is 5.86. The van der Waals surface area contributed by atoms with Crippen LogP contribution in [0.4, 0.5) is 0 Å². The van der Waals surface area contributed by atoms with Gasteiger partial charge in [0.05, 0.1) is 15.8 Å². The summed E-state index contributed by atoms with van der Waals surface area (Å²) in [6.07, 6.45) is 0. The summed E-state index contributed by atoms with van der Waals surface area (Å²) in [6, 6.07) is 7.33. The van der Waals surface area contributed by atoms with E-state index >= 15 is 0 Å². The highest BCUT2D eigenvalue weighted by molar-refractivity contribution is 6.38. The molecule has 3 rings (SSSR count). The Kier molecular flexibility index (Phi) is 2.47. The third-order valence-electron chi connectivity index (χ3n) is 2.67. The van der Waals surface area contributed by atoms with E-state index in [1.165, 1.54) is 30.3 Å². The molecule has 0 fully saturated rings. The fourth-order valence-corrected chi connectivity index (χ4v) is 2.40. The summed E-state index contributed by atoms with van der Waals surface area (Å²) in [5.74, 6) is 0.0232. The van der Waals surface area contributed by atoms with Gasteiger partial charge < -0.3 is 9.52 Å². The molecule has 2 aromatic carbocycles. The molecule has 0 bridgehead atoms. The molecule has 18 heavy (non-hydrogen) atoms. The van der Waals surface area contributed by atoms with Crippen molar-refractivity contribution in [3.8, 4) is 5.75 Å². The van der Waals surface area contributed by atoms with Gasteiger partial charge in [0, 0.05) is 11.1 Å². The molecule has 1 aromatic heterocycles. The number of phenolic OH excluding ortho intramolecular Hbond substituents is 1. The summed E-state index contributed by atoms with van der Waals surface area (Å²) in [5, 5.41) is 10.7. The van der Waals surface area contributed by atoms with E-state index in [9.17, 15) is 9.90 Å². The molecule has 5 heteroatoms. The largest absolute Gasteiger partial charge is 0.508 e. The maximum atomic E-state index is 12.2. The summed E-state index contributed by atoms with van der Waals surface area (Å²) >= 11 is 11.9. The number of halogens is 2. The average molecular weight is 281 g/mol. The van der Waals surface area contributed by atoms with Gasteiger partial charge in [0.2, 0.25) is 5.43 Å². The number of rotatable bonds is 0. The van der Waals surface area contributed by atoms with Gasteiger partial charge in [0.25, 0.3) is 0 Å². The quantitative estimate of drug-likeness (QED) is 0.634. The Morgan fingerprint density at radius 2 is 1.83 bits per heavy atom. The van der Waals surface area contributed by atoms with Gasteiger partial charge in [-0.1, -0.05) is 23.2 Å². The fraction of sp³-hybridized carbons (Fsp3) is 0. The molecule has 90 valence electrons. The van der Waals surface area contributed by atoms with Crippen molar-refractivity contribution in [1.82, 2.24) is 0 Å². The van der Waals surface area contributed by atoms with Crippen molar-refractivity contribution in [3.63, 3.8) is 0 Å². The molecule has 0 spiro atoms. The maximum Gasteiger partial charge on any atom is 0.200 e. The molecule has 0 aliphatic carbocycles. The van der Waals surface area contributed by atoms with E-state index in [-0.39, 0.29) is 27.4 Å². The molecule has 1 heterocycles. The predicted octanol–water partition coefficient (Wildman–Crippen LogP) is 3.96. The van der Waals surface area contributed by atoms with Crippen LogP contribution in [0.3, 0.4) is 0 Å². The van der Waals surface area contributed by atoms with E-state index in [1.807, 2.05) is 0 Å². The molecular formula is C13H6Cl2O3. The molecule has 0 unspecified atom stereocenters. The molecule has 0 atom stereocenters. The highest BCUT2D eigenvalue weighted by Crippen LogP contribution is 2.29. The second kappa shape index (κ2) is 3.90. The number of aromatic hydroxyl groups is 1. The first-order chi connectivity index (χ1) is 8.56. The molecule has 0 aliphatic heterocycles. The van der Waals surface area contributed by atoms with E-state index < -0.39 is 0 Å². The van der Waals surface area contributed by atoms with Crippen molar-refractivity contribution in [3.05, 3.63) is 50.6 Å². The highest BCUT2D eigenvalue weighted by atomic mass is 35.5. The van der Waals surface area contributed by atoms with E-state index in [2.05, 4.69) is 0 Å². The standard InChI is InChI=1S/C13H6Cl2O3/c14-6-3-9-12(17)8-2-1-7(16)5-11(8)18-13(9)10(15)4-6/h1-5,16H. The summed E-state index contributed by atoms with van der Waals surface area (Å²) in [4.78, 5) is 12.2. The van der Waals surface area contributed by atoms with Gasteiger partial charge in [-0.2, -0.15) is 0 Å². The number of fused-ring (bicyclic) bond motifs is 2. The van der Waals surface area contributed by atoms with Crippen molar-refractivity contribution in [2.75, 3.05) is 0 Å². The lowest BCUT2D eigenvalue weighted by atomic mass is 10.1. The van der Waals surface area contributed by atoms with E-state index in [0.717, 1.165) is 0 Å². The predicted molar refractivity (Wildman–Crippen MR) is 71.7 cm³/mol. The van der Waals surface area contributed by atoms with E-state index in [1.54, 1.807) is 0 Å². The third-order valence-corrected chi connectivity index (χ3v) is 3.17. The van der Waals surface area contributed by atoms with Crippen LogP contribution in [-0.2, 0) is 0 Å². The Hall–Kier alpha value is -1.71. The first kappa shape index (κ1) is 11.4. The van der Waals surface area contributed by atoms with Gasteiger partial charge >= 0.3 is 0 Å². The fourth-order valence-electron chi connectivity index (χ4n) is 1.87. The zero-order valence-electron chi connectivity index (χ0n) is 8.91. The molecule has 0 aliphatic rings. The number of benzene rings is 2. The molecule has 3 nitrogen and oxygen atoms in total. The molecule has 0 radical (unpaired) electrons. The smallest absolute Gasteiger partial charge is 0.200 e. The van der Waals surface area contributed by atoms with Crippen LogP contribution in [0.5, 0.6) is 5.75 Å². The van der Waals surface area contributed by atoms with Crippen molar-refractivity contribution in [2.45, 2.75) is 0 Å². The SMILES string of the molecule is O=c1c2ccc(O)cc2oc2c(Cl)cc(Cl)cc12. The lowest BCUT2D eigenvalue weighted by molar-refractivity contribution is 0.474. The van der Waals surface area contributed by atoms with Crippen molar-refractivity contribution < 1.29 is 9.52 Å². The summed E-state index contributed by atoms with van der Waals surface area (Å²) in [5.41, 5.74) is 0.330. The normalized spacial score (nSPS) is 11.2. The zero-order valence-corrected chi connectivity index (χ0v) is 10.4. The van der Waals surface area contributed by atoms with Gasteiger partial charge in [-0.05, 0) is 24.3 Å². The minimum atomic E-state index is -0.226. The Balaban J connectivity index is 2.61. The average Bonchev–Trinajstić information content (AvgIpc) is 2.31. The molecule has 0 saturated heterocycles. The van der Waals surface area contributed by atoms with Gasteiger partial charge in [0.1, 0.15) is 11.3 Å². The highest BCUT2D eigenvalue weighted by Gasteiger charge is 2.11. The molecule has 3 aromatic rings. The van der Waals surface area contributed by atoms with Crippen LogP contribution in [0, 0.1) is 0 Å². The monoisotopic (exact) mass is 280 g/mol. The molecular weight excluding hydrogens is 275 g/mol. The van der Waals surface area contributed by atoms with Gasteiger partial charge in [-0.3, -0.25) is 4.79 Å². The topological polar surface area (TPSA) is 50.4 Å². The van der Waals surface area contributed by atoms with Crippen molar-refractivity contribution in [1.29, 1.82) is 0 Å². The maximum absolute atomic E-state index is 12.2. The molecule has 0 amide bonds. The van der Waals surface area contributed by atoms with Crippen LogP contribution in [0.1, 0.15) is 0 Å². The van der Waals surface area contributed by atoms with Gasteiger partial charge in [-0.25, -0.2) is 0 Å². The second-order valence-electron chi connectivity index (χ2n) is 3.88. The minimum absolute atomic E-state index is 0.0232. The van der Waals surface area contributed by atoms with Crippen LogP contribution in [0.15, 0.2) is 39.5 Å². The lowest BCUT2D eigenvalue weighted by Gasteiger charge is -2.04. The van der Waals surface area contributed by atoms with Crippen molar-refractivity contribution >= 4 is 45.1 Å². The Morgan fingerprint density at radius 3 is 2.61 bits per heavy atom. The van der Waals surface area contributed by atoms with Crippen LogP contribution in [-0.4, -0.2) is 5.11 Å². The molecule has 0 saturated carbocycles. The van der Waals surface area contributed by atoms with Crippen LogP contribution in [0.2, 0.25) is 10.0 Å². The van der Waals surface area contributed by atoms with E-state index in [4.69, 9.17) is 27.6 Å². The van der Waals surface area contributed by atoms with Gasteiger partial charge in [-0.15, -0.1) is 0 Å². The molecule has 1 N–H and O–H groups in total. The zero-order chi connectivity index (χ0) is 12.9. The number of hydrogen-bond acceptors (Lipinski definition) is 3. The number of phenols is 1. The lowest BCUT2D eigenvalue weighted by Crippen LogP contribution is -2.02. The Bertz CT molecular complexity index is 837. The Labute approximate surface area is 111 Å². The third kappa shape index (κ3) is 1.64. The minimum Gasteiger partial charge on any atom is -0.508 e. The van der Waals surface area contributed by atoms with Crippen LogP contribution in [0.25, 0.3) is 21.9 Å². The Morgan fingerprint density at radius 1 is 1.06 bits per heavy atom.